The van der Waals surface area contributed by atoms with Gasteiger partial charge in [-0.1, -0.05) is 61.0 Å². The first-order valence-corrected chi connectivity index (χ1v) is 13.1. The smallest absolute Gasteiger partial charge is 0.119 e. The minimum absolute atomic E-state index is 0.0367. The topological polar surface area (TPSA) is 12.5 Å². The van der Waals surface area contributed by atoms with E-state index in [2.05, 4.69) is 126 Å². The fourth-order valence-electron chi connectivity index (χ4n) is 3.43. The van der Waals surface area contributed by atoms with Crippen LogP contribution in [-0.2, 0) is 3.04 Å². The summed E-state index contributed by atoms with van der Waals surface area (Å²) in [5, 5.41) is 0. The maximum absolute atomic E-state index is 5.49. The van der Waals surface area contributed by atoms with Crippen LogP contribution in [0.1, 0.15) is 12.5 Å². The predicted molar refractivity (Wildman–Crippen MR) is 127 cm³/mol. The second-order valence-corrected chi connectivity index (χ2v) is 15.0. The van der Waals surface area contributed by atoms with Crippen molar-refractivity contribution in [2.45, 2.75) is 23.1 Å². The van der Waals surface area contributed by atoms with Gasteiger partial charge in [-0.25, -0.2) is 0 Å². The molecule has 0 aliphatic rings. The van der Waals surface area contributed by atoms with Crippen LogP contribution in [0.15, 0.2) is 84.9 Å². The van der Waals surface area contributed by atoms with Crippen LogP contribution in [0.3, 0.4) is 0 Å². The number of halogens is 1. The van der Waals surface area contributed by atoms with Crippen LogP contribution < -0.4 is 9.30 Å². The van der Waals surface area contributed by atoms with Gasteiger partial charge < -0.3 is 9.30 Å². The van der Waals surface area contributed by atoms with E-state index >= 15 is 0 Å². The Balaban J connectivity index is 2.14. The summed E-state index contributed by atoms with van der Waals surface area (Å²) >= 11 is 2.65. The lowest BCUT2D eigenvalue weighted by Crippen LogP contribution is -2.58. The number of methoxy groups -OCH3 is 1. The zero-order valence-electron chi connectivity index (χ0n) is 16.3. The van der Waals surface area contributed by atoms with Gasteiger partial charge in [-0.15, -0.1) is 22.6 Å². The van der Waals surface area contributed by atoms with Crippen LogP contribution in [-0.4, -0.2) is 15.3 Å². The Kier molecular flexibility index (Phi) is 5.96. The molecule has 1 unspecified atom stereocenters. The van der Waals surface area contributed by atoms with Gasteiger partial charge in [-0.2, -0.15) is 13.1 Å². The van der Waals surface area contributed by atoms with Gasteiger partial charge in [0.05, 0.1) is 7.11 Å². The highest BCUT2D eigenvalue weighted by atomic mass is 127. The molecule has 141 valence electrons. The number of alkyl halides is 1. The first kappa shape index (κ1) is 20.0. The third-order valence-electron chi connectivity index (χ3n) is 5.35. The number of hydrogen-bond donors (Lipinski definition) is 0. The van der Waals surface area contributed by atoms with Crippen LogP contribution in [0.2, 0.25) is 13.1 Å². The molecule has 0 heterocycles. The molecule has 2 nitrogen and oxygen atoms in total. The third kappa shape index (κ3) is 3.92. The molecule has 0 aliphatic carbocycles. The summed E-state index contributed by atoms with van der Waals surface area (Å²) in [5.74, 6) is 0.908. The number of para-hydroxylation sites is 2. The molecule has 0 N–H and O–H groups in total. The molecule has 3 aromatic carbocycles. The number of benzene rings is 3. The number of rotatable bonds is 6. The lowest BCUT2D eigenvalue weighted by molar-refractivity contribution is 0.414. The summed E-state index contributed by atoms with van der Waals surface area (Å²) in [6.45, 7) is 7.24. The Morgan fingerprint density at radius 1 is 0.815 bits per heavy atom. The second-order valence-electron chi connectivity index (χ2n) is 7.30. The highest BCUT2D eigenvalue weighted by Gasteiger charge is 2.37. The molecule has 1 atom stereocenters. The van der Waals surface area contributed by atoms with E-state index in [-0.39, 0.29) is 3.04 Å². The molecule has 0 aliphatic heterocycles. The van der Waals surface area contributed by atoms with Gasteiger partial charge in [-0.05, 0) is 47.7 Å². The number of ether oxygens (including phenoxy) is 1. The molecular weight excluding hydrogens is 461 g/mol. The Labute approximate surface area is 177 Å². The van der Waals surface area contributed by atoms with Gasteiger partial charge in [0, 0.05) is 11.4 Å². The van der Waals surface area contributed by atoms with Crippen LogP contribution in [0.5, 0.6) is 5.75 Å². The minimum Gasteiger partial charge on any atom is -0.497 e. The van der Waals surface area contributed by atoms with E-state index in [4.69, 9.17) is 4.74 Å². The third-order valence-corrected chi connectivity index (χ3v) is 14.2. The second kappa shape index (κ2) is 8.06. The molecule has 3 aromatic rings. The number of hydrogen-bond acceptors (Lipinski definition) is 2. The average molecular weight is 487 g/mol. The minimum atomic E-state index is -2.05. The normalized spacial score (nSPS) is 13.7. The first-order valence-electron chi connectivity index (χ1n) is 9.11. The fraction of sp³-hybridized carbons (Fsp3) is 0.217. The van der Waals surface area contributed by atoms with Crippen molar-refractivity contribution in [2.75, 3.05) is 11.7 Å². The van der Waals surface area contributed by atoms with Gasteiger partial charge in [0.2, 0.25) is 0 Å². The molecule has 0 fully saturated rings. The van der Waals surface area contributed by atoms with Gasteiger partial charge >= 0.3 is 0 Å². The molecule has 4 heteroatoms. The maximum atomic E-state index is 5.49. The van der Waals surface area contributed by atoms with E-state index in [9.17, 15) is 0 Å². The highest BCUT2D eigenvalue weighted by molar-refractivity contribution is 14.1. The molecule has 0 bridgehead atoms. The Hall–Kier alpha value is -1.79. The molecule has 3 rings (SSSR count). The quantitative estimate of drug-likeness (QED) is 0.212. The molecule has 0 aromatic heterocycles. The monoisotopic (exact) mass is 487 g/mol. The van der Waals surface area contributed by atoms with Crippen molar-refractivity contribution in [1.82, 2.24) is 0 Å². The molecule has 0 saturated heterocycles. The van der Waals surface area contributed by atoms with Crippen molar-refractivity contribution in [3.05, 3.63) is 90.5 Å². The highest BCUT2D eigenvalue weighted by Crippen LogP contribution is 2.47. The van der Waals surface area contributed by atoms with Gasteiger partial charge in [0.25, 0.3) is 0 Å². The summed E-state index contributed by atoms with van der Waals surface area (Å²) < 4.78 is 8.02. The maximum Gasteiger partial charge on any atom is 0.119 e. The van der Waals surface area contributed by atoms with Crippen molar-refractivity contribution in [3.8, 4) is 5.75 Å². The predicted octanol–water partition coefficient (Wildman–Crippen LogP) is 6.93. The zero-order chi connectivity index (χ0) is 19.5. The molecule has 27 heavy (non-hydrogen) atoms. The summed E-state index contributed by atoms with van der Waals surface area (Å²) in [6.07, 6.45) is 0. The Bertz CT molecular complexity index is 842. The van der Waals surface area contributed by atoms with Crippen LogP contribution in [0, 0.1) is 0 Å². The van der Waals surface area contributed by atoms with Crippen LogP contribution in [0.25, 0.3) is 0 Å². The largest absolute Gasteiger partial charge is 0.497 e. The van der Waals surface area contributed by atoms with E-state index in [1.54, 1.807) is 7.11 Å². The van der Waals surface area contributed by atoms with E-state index in [1.807, 2.05) is 6.07 Å². The molecule has 0 radical (unpaired) electrons. The van der Waals surface area contributed by atoms with Crippen molar-refractivity contribution in [1.29, 1.82) is 0 Å². The molecular formula is C23H26INOSi-. The molecule has 0 spiro atoms. The van der Waals surface area contributed by atoms with E-state index in [0.717, 1.165) is 5.75 Å². The van der Waals surface area contributed by atoms with Crippen LogP contribution >= 0.6 is 22.6 Å². The van der Waals surface area contributed by atoms with Gasteiger partial charge in [0.15, 0.2) is 0 Å². The Morgan fingerprint density at radius 2 is 1.33 bits per heavy atom. The first-order chi connectivity index (χ1) is 12.9. The van der Waals surface area contributed by atoms with E-state index in [0.29, 0.717) is 0 Å². The Morgan fingerprint density at radius 3 is 1.81 bits per heavy atom. The average Bonchev–Trinajstić information content (AvgIpc) is 2.69. The summed E-state index contributed by atoms with van der Waals surface area (Å²) in [5.41, 5.74) is 3.79. The van der Waals surface area contributed by atoms with E-state index < -0.39 is 8.24 Å². The number of anilines is 2. The van der Waals surface area contributed by atoms with Gasteiger partial charge in [0.1, 0.15) is 5.75 Å². The number of nitrogens with zero attached hydrogens (tertiary/aromatic N) is 1. The van der Waals surface area contributed by atoms with Crippen molar-refractivity contribution < 1.29 is 4.74 Å². The molecule has 0 saturated carbocycles. The summed E-state index contributed by atoms with van der Waals surface area (Å²) in [6, 6.07) is 29.9. The lowest BCUT2D eigenvalue weighted by atomic mass is 10.1. The summed E-state index contributed by atoms with van der Waals surface area (Å²) in [7, 11) is -0.325. The SMILES string of the molecule is COc1cccc(C(C)(I)[Si-](C)(C)N(c2ccccc2)c2ccccc2)c1. The molecule has 0 amide bonds. The van der Waals surface area contributed by atoms with Crippen molar-refractivity contribution >= 4 is 42.2 Å². The van der Waals surface area contributed by atoms with Crippen molar-refractivity contribution in [2.24, 2.45) is 0 Å². The van der Waals surface area contributed by atoms with Crippen LogP contribution in [0.4, 0.5) is 11.4 Å². The van der Waals surface area contributed by atoms with Crippen molar-refractivity contribution in [3.63, 3.8) is 0 Å². The van der Waals surface area contributed by atoms with E-state index in [1.165, 1.54) is 16.9 Å². The lowest BCUT2D eigenvalue weighted by Gasteiger charge is -2.58. The fourth-order valence-corrected chi connectivity index (χ4v) is 7.36. The summed E-state index contributed by atoms with van der Waals surface area (Å²) in [4.78, 5) is 0. The van der Waals surface area contributed by atoms with Gasteiger partial charge in [-0.3, -0.25) is 0 Å². The standard InChI is InChI=1S/C23H26INOSi/c1-23(24,19-12-11-17-22(18-19)26-2)27(3,4)25(20-13-7-5-8-14-20)21-15-9-6-10-16-21/h5-18H,1-4H3/q-1. The zero-order valence-corrected chi connectivity index (χ0v) is 19.5.